The van der Waals surface area contributed by atoms with Crippen molar-refractivity contribution in [3.8, 4) is 0 Å². The Labute approximate surface area is 214 Å². The van der Waals surface area contributed by atoms with Gasteiger partial charge in [0.05, 0.1) is 11.1 Å². The molecule has 8 heteroatoms. The van der Waals surface area contributed by atoms with E-state index < -0.39 is 34.1 Å². The summed E-state index contributed by atoms with van der Waals surface area (Å²) in [5.41, 5.74) is -1.28. The fourth-order valence-electron chi connectivity index (χ4n) is 6.35. The average molecular weight is 501 g/mol. The minimum Gasteiger partial charge on any atom is -0.459 e. The van der Waals surface area contributed by atoms with Crippen LogP contribution in [0.1, 0.15) is 102 Å². The van der Waals surface area contributed by atoms with Crippen LogP contribution in [0.15, 0.2) is 24.3 Å². The summed E-state index contributed by atoms with van der Waals surface area (Å²) >= 11 is 0. The average Bonchev–Trinajstić information content (AvgIpc) is 2.70. The third-order valence-corrected chi connectivity index (χ3v) is 7.61. The number of piperidine rings is 2. The molecule has 1 aromatic carbocycles. The molecule has 0 aromatic heterocycles. The number of amides is 2. The SMILES string of the molecule is CC1(C)CC(OC(=O)c2cccc(C(=O)OC3CC(C)(C)N(C=O)C(C)(C)C3)c2)CC(C)(C)N1C=O. The highest BCUT2D eigenvalue weighted by Crippen LogP contribution is 2.40. The summed E-state index contributed by atoms with van der Waals surface area (Å²) in [6.07, 6.45) is 3.09. The second-order valence-electron chi connectivity index (χ2n) is 12.7. The molecule has 3 rings (SSSR count). The van der Waals surface area contributed by atoms with Gasteiger partial charge in [-0.3, -0.25) is 9.59 Å². The van der Waals surface area contributed by atoms with Crippen LogP contribution in [0.3, 0.4) is 0 Å². The van der Waals surface area contributed by atoms with E-state index >= 15 is 0 Å². The molecule has 1 aromatic rings. The van der Waals surface area contributed by atoms with E-state index in [9.17, 15) is 19.2 Å². The monoisotopic (exact) mass is 500 g/mol. The fourth-order valence-corrected chi connectivity index (χ4v) is 6.35. The molecule has 2 heterocycles. The highest BCUT2D eigenvalue weighted by Gasteiger charge is 2.47. The number of hydrogen-bond acceptors (Lipinski definition) is 6. The molecule has 2 amide bonds. The van der Waals surface area contributed by atoms with E-state index in [4.69, 9.17) is 9.47 Å². The Kier molecular flexibility index (Phi) is 7.32. The van der Waals surface area contributed by atoms with Crippen LogP contribution in [-0.4, -0.2) is 68.9 Å². The number of benzene rings is 1. The standard InChI is InChI=1S/C28H40N2O6/c1-25(2)13-21(14-26(3,4)29(25)17-31)35-23(33)19-10-9-11-20(12-19)24(34)36-22-15-27(5,6)30(18-32)28(7,8)16-22/h9-12,17-18,21-22H,13-16H2,1-8H3. The second kappa shape index (κ2) is 9.52. The molecule has 0 bridgehead atoms. The Hall–Kier alpha value is -2.90. The van der Waals surface area contributed by atoms with Gasteiger partial charge in [0.2, 0.25) is 12.8 Å². The normalized spacial score (nSPS) is 23.0. The van der Waals surface area contributed by atoms with Gasteiger partial charge in [0, 0.05) is 47.8 Å². The summed E-state index contributed by atoms with van der Waals surface area (Å²) in [6.45, 7) is 15.7. The zero-order chi connectivity index (χ0) is 27.1. The maximum Gasteiger partial charge on any atom is 0.338 e. The predicted molar refractivity (Wildman–Crippen MR) is 135 cm³/mol. The van der Waals surface area contributed by atoms with Gasteiger partial charge in [-0.15, -0.1) is 0 Å². The summed E-state index contributed by atoms with van der Waals surface area (Å²) < 4.78 is 11.7. The van der Waals surface area contributed by atoms with E-state index in [1.54, 1.807) is 28.0 Å². The first-order chi connectivity index (χ1) is 16.5. The lowest BCUT2D eigenvalue weighted by Gasteiger charge is -2.53. The van der Waals surface area contributed by atoms with E-state index in [2.05, 4.69) is 0 Å². The number of carbonyl (C=O) groups excluding carboxylic acids is 4. The minimum atomic E-state index is -0.512. The fraction of sp³-hybridized carbons (Fsp3) is 0.643. The Balaban J connectivity index is 1.70. The van der Waals surface area contributed by atoms with Crippen LogP contribution in [-0.2, 0) is 19.1 Å². The molecule has 8 nitrogen and oxygen atoms in total. The smallest absolute Gasteiger partial charge is 0.338 e. The minimum absolute atomic E-state index is 0.273. The van der Waals surface area contributed by atoms with Gasteiger partial charge < -0.3 is 19.3 Å². The highest BCUT2D eigenvalue weighted by atomic mass is 16.5. The molecule has 2 fully saturated rings. The number of rotatable bonds is 6. The first-order valence-corrected chi connectivity index (χ1v) is 12.5. The molecule has 0 unspecified atom stereocenters. The quantitative estimate of drug-likeness (QED) is 0.426. The first kappa shape index (κ1) is 27.7. The summed E-state index contributed by atoms with van der Waals surface area (Å²) in [5.74, 6) is -1.02. The second-order valence-corrected chi connectivity index (χ2v) is 12.7. The molecule has 2 aliphatic heterocycles. The number of likely N-dealkylation sites (tertiary alicyclic amines) is 2. The van der Waals surface area contributed by atoms with Crippen LogP contribution >= 0.6 is 0 Å². The third-order valence-electron chi connectivity index (χ3n) is 7.61. The Morgan fingerprint density at radius 1 is 0.694 bits per heavy atom. The molecule has 2 saturated heterocycles. The lowest BCUT2D eigenvalue weighted by molar-refractivity contribution is -0.142. The molecule has 0 N–H and O–H groups in total. The van der Waals surface area contributed by atoms with Gasteiger partial charge in [-0.05, 0) is 73.6 Å². The topological polar surface area (TPSA) is 93.2 Å². The van der Waals surface area contributed by atoms with Crippen LogP contribution in [0.4, 0.5) is 0 Å². The summed E-state index contributed by atoms with van der Waals surface area (Å²) in [6, 6.07) is 6.37. The lowest BCUT2D eigenvalue weighted by Crippen LogP contribution is -2.61. The first-order valence-electron chi connectivity index (χ1n) is 12.5. The van der Waals surface area contributed by atoms with Gasteiger partial charge in [0.1, 0.15) is 12.2 Å². The molecule has 198 valence electrons. The van der Waals surface area contributed by atoms with Crippen molar-refractivity contribution in [2.45, 2.75) is 115 Å². The molecular formula is C28H40N2O6. The number of esters is 2. The summed E-state index contributed by atoms with van der Waals surface area (Å²) in [7, 11) is 0. The number of carbonyl (C=O) groups is 4. The molecule has 0 saturated carbocycles. The highest BCUT2D eigenvalue weighted by molar-refractivity contribution is 5.95. The Morgan fingerprint density at radius 3 is 1.28 bits per heavy atom. The van der Waals surface area contributed by atoms with Crippen molar-refractivity contribution in [2.24, 2.45) is 0 Å². The number of ether oxygens (including phenoxy) is 2. The van der Waals surface area contributed by atoms with Crippen molar-refractivity contribution in [3.05, 3.63) is 35.4 Å². The van der Waals surface area contributed by atoms with Crippen molar-refractivity contribution in [1.29, 1.82) is 0 Å². The number of nitrogens with zero attached hydrogens (tertiary/aromatic N) is 2. The molecule has 36 heavy (non-hydrogen) atoms. The van der Waals surface area contributed by atoms with Gasteiger partial charge >= 0.3 is 11.9 Å². The van der Waals surface area contributed by atoms with Crippen molar-refractivity contribution in [1.82, 2.24) is 9.80 Å². The summed E-state index contributed by atoms with van der Waals surface area (Å²) in [5, 5.41) is 0. The van der Waals surface area contributed by atoms with E-state index in [1.165, 1.54) is 6.07 Å². The summed E-state index contributed by atoms with van der Waals surface area (Å²) in [4.78, 5) is 52.8. The van der Waals surface area contributed by atoms with Gasteiger partial charge in [0.25, 0.3) is 0 Å². The third kappa shape index (κ3) is 5.57. The maximum atomic E-state index is 13.0. The van der Waals surface area contributed by atoms with Gasteiger partial charge in [-0.25, -0.2) is 9.59 Å². The molecule has 2 aliphatic rings. The molecule has 0 radical (unpaired) electrons. The largest absolute Gasteiger partial charge is 0.459 e. The van der Waals surface area contributed by atoms with Crippen LogP contribution in [0.5, 0.6) is 0 Å². The Morgan fingerprint density at radius 2 is 1.00 bits per heavy atom. The van der Waals surface area contributed by atoms with Crippen LogP contribution in [0, 0.1) is 0 Å². The van der Waals surface area contributed by atoms with E-state index in [-0.39, 0.29) is 23.3 Å². The molecule has 0 aliphatic carbocycles. The van der Waals surface area contributed by atoms with E-state index in [0.29, 0.717) is 25.7 Å². The number of hydrogen-bond donors (Lipinski definition) is 0. The van der Waals surface area contributed by atoms with Crippen LogP contribution in [0.25, 0.3) is 0 Å². The van der Waals surface area contributed by atoms with Crippen LogP contribution < -0.4 is 0 Å². The van der Waals surface area contributed by atoms with Gasteiger partial charge in [0.15, 0.2) is 0 Å². The van der Waals surface area contributed by atoms with E-state index in [0.717, 1.165) is 12.8 Å². The molecular weight excluding hydrogens is 460 g/mol. The van der Waals surface area contributed by atoms with Crippen molar-refractivity contribution < 1.29 is 28.7 Å². The predicted octanol–water partition coefficient (Wildman–Crippen LogP) is 4.36. The zero-order valence-corrected chi connectivity index (χ0v) is 22.8. The van der Waals surface area contributed by atoms with Crippen LogP contribution in [0.2, 0.25) is 0 Å². The van der Waals surface area contributed by atoms with Crippen molar-refractivity contribution in [3.63, 3.8) is 0 Å². The molecule has 0 spiro atoms. The Bertz CT molecular complexity index is 915. The maximum absolute atomic E-state index is 13.0. The lowest BCUT2D eigenvalue weighted by atomic mass is 9.78. The molecule has 0 atom stereocenters. The van der Waals surface area contributed by atoms with Crippen molar-refractivity contribution in [2.75, 3.05) is 0 Å². The van der Waals surface area contributed by atoms with Gasteiger partial charge in [-0.1, -0.05) is 6.07 Å². The zero-order valence-electron chi connectivity index (χ0n) is 22.8. The van der Waals surface area contributed by atoms with E-state index in [1.807, 2.05) is 55.4 Å². The van der Waals surface area contributed by atoms with Gasteiger partial charge in [-0.2, -0.15) is 0 Å². The van der Waals surface area contributed by atoms with Crippen molar-refractivity contribution >= 4 is 24.8 Å².